The topological polar surface area (TPSA) is 45.2 Å². The van der Waals surface area contributed by atoms with E-state index in [0.717, 1.165) is 23.0 Å². The minimum atomic E-state index is -0.0127. The van der Waals surface area contributed by atoms with E-state index in [-0.39, 0.29) is 11.9 Å². The number of carbonyl (C=O) groups excluding carboxylic acids is 1. The van der Waals surface area contributed by atoms with E-state index < -0.39 is 0 Å². The van der Waals surface area contributed by atoms with E-state index in [2.05, 4.69) is 33.2 Å². The summed E-state index contributed by atoms with van der Waals surface area (Å²) in [6, 6.07) is 12.0. The minimum Gasteiger partial charge on any atom is -0.369 e. The van der Waals surface area contributed by atoms with Gasteiger partial charge in [0.25, 0.3) is 5.91 Å². The van der Waals surface area contributed by atoms with Crippen LogP contribution in [0, 0.1) is 0 Å². The molecule has 1 aromatic carbocycles. The van der Waals surface area contributed by atoms with Crippen LogP contribution in [0.25, 0.3) is 0 Å². The van der Waals surface area contributed by atoms with Crippen molar-refractivity contribution in [2.75, 3.05) is 11.9 Å². The van der Waals surface area contributed by atoms with Gasteiger partial charge in [-0.05, 0) is 47.8 Å². The quantitative estimate of drug-likeness (QED) is 0.744. The summed E-state index contributed by atoms with van der Waals surface area (Å²) in [5.74, 6) is 0.630. The summed E-state index contributed by atoms with van der Waals surface area (Å²) in [6.07, 6.45) is 2.69. The van der Waals surface area contributed by atoms with E-state index in [1.807, 2.05) is 55.1 Å². The van der Waals surface area contributed by atoms with E-state index >= 15 is 0 Å². The number of anilines is 1. The Bertz CT molecular complexity index is 674. The van der Waals surface area contributed by atoms with Gasteiger partial charge in [-0.15, -0.1) is 0 Å². The van der Waals surface area contributed by atoms with Gasteiger partial charge in [0.2, 0.25) is 0 Å². The predicted molar refractivity (Wildman–Crippen MR) is 102 cm³/mol. The van der Waals surface area contributed by atoms with E-state index in [0.29, 0.717) is 17.9 Å². The van der Waals surface area contributed by atoms with Crippen LogP contribution in [0.2, 0.25) is 0 Å². The Labute approximate surface area is 152 Å². The molecule has 0 spiro atoms. The molecule has 0 bridgehead atoms. The van der Waals surface area contributed by atoms with Crippen molar-refractivity contribution in [3.05, 3.63) is 58.2 Å². The van der Waals surface area contributed by atoms with Crippen molar-refractivity contribution in [2.45, 2.75) is 39.8 Å². The molecule has 1 heterocycles. The van der Waals surface area contributed by atoms with Crippen molar-refractivity contribution in [1.29, 1.82) is 0 Å². The highest BCUT2D eigenvalue weighted by molar-refractivity contribution is 9.10. The lowest BCUT2D eigenvalue weighted by atomic mass is 10.1. The maximum absolute atomic E-state index is 13.2. The molecule has 0 atom stereocenters. The van der Waals surface area contributed by atoms with Gasteiger partial charge in [-0.3, -0.25) is 4.79 Å². The average molecular weight is 390 g/mol. The van der Waals surface area contributed by atoms with Gasteiger partial charge >= 0.3 is 0 Å². The molecule has 0 aliphatic carbocycles. The molecular formula is C19H24BrN3O. The number of pyridine rings is 1. The van der Waals surface area contributed by atoms with Crippen molar-refractivity contribution >= 4 is 27.7 Å². The molecule has 0 radical (unpaired) electrons. The molecule has 5 heteroatoms. The number of amides is 1. The summed E-state index contributed by atoms with van der Waals surface area (Å²) in [5, 5.41) is 3.25. The molecule has 2 aromatic rings. The van der Waals surface area contributed by atoms with Crippen LogP contribution in [0.1, 0.15) is 43.1 Å². The van der Waals surface area contributed by atoms with Gasteiger partial charge in [-0.2, -0.15) is 0 Å². The Balaban J connectivity index is 2.30. The van der Waals surface area contributed by atoms with E-state index in [1.54, 1.807) is 6.20 Å². The molecule has 4 nitrogen and oxygen atoms in total. The van der Waals surface area contributed by atoms with Gasteiger partial charge in [0.1, 0.15) is 5.82 Å². The first-order valence-electron chi connectivity index (χ1n) is 8.27. The fraction of sp³-hybridized carbons (Fsp3) is 0.368. The number of hydrogen-bond donors (Lipinski definition) is 1. The van der Waals surface area contributed by atoms with Crippen molar-refractivity contribution in [3.63, 3.8) is 0 Å². The third kappa shape index (κ3) is 4.81. The molecule has 0 saturated carbocycles. The summed E-state index contributed by atoms with van der Waals surface area (Å²) < 4.78 is 0.802. The van der Waals surface area contributed by atoms with Crippen LogP contribution < -0.4 is 5.32 Å². The second-order valence-corrected chi connectivity index (χ2v) is 6.90. The lowest BCUT2D eigenvalue weighted by molar-refractivity contribution is 0.0691. The molecule has 1 amide bonds. The zero-order chi connectivity index (χ0) is 17.5. The Morgan fingerprint density at radius 2 is 2.00 bits per heavy atom. The third-order valence-electron chi connectivity index (χ3n) is 3.71. The first-order chi connectivity index (χ1) is 11.5. The third-order valence-corrected chi connectivity index (χ3v) is 4.14. The second-order valence-electron chi connectivity index (χ2n) is 5.99. The highest BCUT2D eigenvalue weighted by Crippen LogP contribution is 2.22. The Morgan fingerprint density at radius 3 is 2.62 bits per heavy atom. The van der Waals surface area contributed by atoms with Gasteiger partial charge < -0.3 is 10.2 Å². The van der Waals surface area contributed by atoms with Crippen LogP contribution in [0.3, 0.4) is 0 Å². The molecule has 0 unspecified atom stereocenters. The van der Waals surface area contributed by atoms with Gasteiger partial charge in [0.15, 0.2) is 0 Å². The smallest absolute Gasteiger partial charge is 0.258 e. The number of halogens is 1. The summed E-state index contributed by atoms with van der Waals surface area (Å²) in [7, 11) is 0. The SMILES string of the molecule is CCCNc1ncc(Br)cc1C(=O)N(Cc1ccccc1)C(C)C. The first kappa shape index (κ1) is 18.5. The standard InChI is InChI=1S/C19H24BrN3O/c1-4-10-21-18-17(11-16(20)12-22-18)19(24)23(14(2)3)13-15-8-6-5-7-9-15/h5-9,11-12,14H,4,10,13H2,1-3H3,(H,21,22). The molecule has 24 heavy (non-hydrogen) atoms. The van der Waals surface area contributed by atoms with Crippen LogP contribution in [-0.2, 0) is 6.54 Å². The van der Waals surface area contributed by atoms with Gasteiger partial charge in [0, 0.05) is 29.8 Å². The van der Waals surface area contributed by atoms with E-state index in [1.165, 1.54) is 0 Å². The van der Waals surface area contributed by atoms with Crippen LogP contribution in [0.15, 0.2) is 47.1 Å². The van der Waals surface area contributed by atoms with Crippen LogP contribution in [-0.4, -0.2) is 28.4 Å². The lowest BCUT2D eigenvalue weighted by Crippen LogP contribution is -2.37. The van der Waals surface area contributed by atoms with Gasteiger partial charge in [0.05, 0.1) is 5.56 Å². The highest BCUT2D eigenvalue weighted by atomic mass is 79.9. The minimum absolute atomic E-state index is 0.0127. The molecule has 2 rings (SSSR count). The molecule has 0 aliphatic rings. The van der Waals surface area contributed by atoms with Gasteiger partial charge in [-0.1, -0.05) is 37.3 Å². The molecule has 1 aromatic heterocycles. The van der Waals surface area contributed by atoms with Crippen molar-refractivity contribution < 1.29 is 4.79 Å². The predicted octanol–water partition coefficient (Wildman–Crippen LogP) is 4.72. The Hall–Kier alpha value is -1.88. The molecule has 0 fully saturated rings. The summed E-state index contributed by atoms with van der Waals surface area (Å²) in [4.78, 5) is 19.4. The fourth-order valence-electron chi connectivity index (χ4n) is 2.41. The van der Waals surface area contributed by atoms with Crippen molar-refractivity contribution in [2.24, 2.45) is 0 Å². The largest absolute Gasteiger partial charge is 0.369 e. The number of aromatic nitrogens is 1. The monoisotopic (exact) mass is 389 g/mol. The Kier molecular flexibility index (Phi) is 6.79. The molecule has 1 N–H and O–H groups in total. The van der Waals surface area contributed by atoms with Gasteiger partial charge in [-0.25, -0.2) is 4.98 Å². The van der Waals surface area contributed by atoms with E-state index in [4.69, 9.17) is 0 Å². The van der Waals surface area contributed by atoms with Crippen molar-refractivity contribution in [1.82, 2.24) is 9.88 Å². The zero-order valence-corrected chi connectivity index (χ0v) is 16.0. The second kappa shape index (κ2) is 8.83. The Morgan fingerprint density at radius 1 is 1.29 bits per heavy atom. The summed E-state index contributed by atoms with van der Waals surface area (Å²) in [6.45, 7) is 7.52. The maximum atomic E-state index is 13.2. The maximum Gasteiger partial charge on any atom is 0.258 e. The zero-order valence-electron chi connectivity index (χ0n) is 14.4. The van der Waals surface area contributed by atoms with E-state index in [9.17, 15) is 4.79 Å². The fourth-order valence-corrected chi connectivity index (χ4v) is 2.74. The van der Waals surface area contributed by atoms with Crippen LogP contribution in [0.5, 0.6) is 0 Å². The number of nitrogens with one attached hydrogen (secondary N) is 1. The first-order valence-corrected chi connectivity index (χ1v) is 9.06. The number of rotatable bonds is 7. The molecule has 128 valence electrons. The number of hydrogen-bond acceptors (Lipinski definition) is 3. The van der Waals surface area contributed by atoms with Crippen LogP contribution >= 0.6 is 15.9 Å². The lowest BCUT2D eigenvalue weighted by Gasteiger charge is -2.28. The summed E-state index contributed by atoms with van der Waals surface area (Å²) >= 11 is 3.42. The number of benzene rings is 1. The van der Waals surface area contributed by atoms with Crippen molar-refractivity contribution in [3.8, 4) is 0 Å². The highest BCUT2D eigenvalue weighted by Gasteiger charge is 2.22. The van der Waals surface area contributed by atoms with Crippen LogP contribution in [0.4, 0.5) is 5.82 Å². The molecule has 0 saturated heterocycles. The normalized spacial score (nSPS) is 10.7. The molecular weight excluding hydrogens is 366 g/mol. The number of nitrogens with zero attached hydrogens (tertiary/aromatic N) is 2. The summed E-state index contributed by atoms with van der Waals surface area (Å²) in [5.41, 5.74) is 1.72. The molecule has 0 aliphatic heterocycles. The average Bonchev–Trinajstić information content (AvgIpc) is 2.58. The number of carbonyl (C=O) groups is 1.